The molecule has 0 radical (unpaired) electrons. The number of rotatable bonds is 10. The quantitative estimate of drug-likeness (QED) is 0.361. The first kappa shape index (κ1) is 29.0. The third-order valence-corrected chi connectivity index (χ3v) is 13.3. The van der Waals surface area contributed by atoms with Gasteiger partial charge in [0, 0.05) is 11.8 Å². The Labute approximate surface area is 219 Å². The molecule has 0 saturated carbocycles. The first-order valence-electron chi connectivity index (χ1n) is 12.9. The van der Waals surface area contributed by atoms with Crippen LogP contribution in [0, 0.1) is 6.92 Å². The standard InChI is InChI=1S/C27H40N2O7Si/c1-18(2)37(19(3)4,20(5)6)35-17-27(16-34-25(31)22-11-9-8-10-12-22)15-33-14-23(36-27)29-13-21(7)24(30)28-26(29)32/h8-13,18-20,23H,14-17H2,1-7H3,(H,28,30,32)/t23-,27+/m1/s1. The number of esters is 1. The first-order valence-corrected chi connectivity index (χ1v) is 15.0. The molecule has 1 aliphatic heterocycles. The number of aryl methyl sites for hydroxylation is 1. The molecule has 10 heteroatoms. The normalized spacial score (nSPS) is 20.5. The zero-order chi connectivity index (χ0) is 27.4. The second kappa shape index (κ2) is 11.9. The van der Waals surface area contributed by atoms with Crippen LogP contribution in [0.4, 0.5) is 0 Å². The summed E-state index contributed by atoms with van der Waals surface area (Å²) < 4.78 is 26.3. The molecule has 2 atom stereocenters. The Hall–Kier alpha value is -2.53. The van der Waals surface area contributed by atoms with E-state index in [-0.39, 0.29) is 26.4 Å². The zero-order valence-electron chi connectivity index (χ0n) is 22.9. The number of nitrogens with one attached hydrogen (secondary N) is 1. The van der Waals surface area contributed by atoms with Crippen molar-refractivity contribution in [2.45, 2.75) is 76.9 Å². The fourth-order valence-corrected chi connectivity index (χ4v) is 11.0. The van der Waals surface area contributed by atoms with Crippen molar-refractivity contribution in [3.05, 3.63) is 68.5 Å². The minimum atomic E-state index is -2.30. The minimum Gasteiger partial charge on any atom is -0.459 e. The van der Waals surface area contributed by atoms with Crippen LogP contribution in [0.2, 0.25) is 16.6 Å². The molecule has 1 N–H and O–H groups in total. The number of aromatic nitrogens is 2. The lowest BCUT2D eigenvalue weighted by Crippen LogP contribution is -2.58. The van der Waals surface area contributed by atoms with Crippen molar-refractivity contribution in [2.24, 2.45) is 0 Å². The second-order valence-corrected chi connectivity index (χ2v) is 16.3. The van der Waals surface area contributed by atoms with E-state index in [4.69, 9.17) is 18.6 Å². The van der Waals surface area contributed by atoms with Gasteiger partial charge in [-0.2, -0.15) is 0 Å². The summed E-state index contributed by atoms with van der Waals surface area (Å²) in [5.74, 6) is -0.483. The van der Waals surface area contributed by atoms with Crippen molar-refractivity contribution >= 4 is 14.3 Å². The molecule has 1 fully saturated rings. The van der Waals surface area contributed by atoms with E-state index < -0.39 is 37.4 Å². The molecule has 1 aliphatic rings. The number of nitrogens with zero attached hydrogens (tertiary/aromatic N) is 1. The Kier molecular flexibility index (Phi) is 9.33. The molecule has 1 aromatic heterocycles. The van der Waals surface area contributed by atoms with Gasteiger partial charge in [-0.05, 0) is 35.7 Å². The van der Waals surface area contributed by atoms with Gasteiger partial charge in [0.05, 0.1) is 25.4 Å². The summed E-state index contributed by atoms with van der Waals surface area (Å²) in [7, 11) is -2.30. The molecule has 2 heterocycles. The van der Waals surface area contributed by atoms with Crippen LogP contribution in [0.1, 0.15) is 63.7 Å². The Morgan fingerprint density at radius 1 is 1.08 bits per heavy atom. The maximum atomic E-state index is 12.8. The molecule has 1 aromatic carbocycles. The fraction of sp³-hybridized carbons (Fsp3) is 0.593. The highest BCUT2D eigenvalue weighted by atomic mass is 28.4. The van der Waals surface area contributed by atoms with Gasteiger partial charge in [-0.25, -0.2) is 9.59 Å². The van der Waals surface area contributed by atoms with Gasteiger partial charge in [-0.3, -0.25) is 14.3 Å². The molecule has 37 heavy (non-hydrogen) atoms. The predicted molar refractivity (Wildman–Crippen MR) is 143 cm³/mol. The van der Waals surface area contributed by atoms with E-state index in [1.165, 1.54) is 10.8 Å². The Morgan fingerprint density at radius 2 is 1.70 bits per heavy atom. The van der Waals surface area contributed by atoms with Gasteiger partial charge >= 0.3 is 11.7 Å². The number of hydrogen-bond donors (Lipinski definition) is 1. The number of hydrogen-bond acceptors (Lipinski definition) is 7. The van der Waals surface area contributed by atoms with Crippen LogP contribution in [0.15, 0.2) is 46.1 Å². The van der Waals surface area contributed by atoms with Crippen LogP contribution in [0.3, 0.4) is 0 Å². The van der Waals surface area contributed by atoms with Gasteiger partial charge in [0.2, 0.25) is 0 Å². The van der Waals surface area contributed by atoms with Crippen molar-refractivity contribution < 1.29 is 23.4 Å². The highest BCUT2D eigenvalue weighted by Crippen LogP contribution is 2.43. The van der Waals surface area contributed by atoms with Gasteiger partial charge < -0.3 is 18.6 Å². The van der Waals surface area contributed by atoms with Crippen molar-refractivity contribution in [3.63, 3.8) is 0 Å². The fourth-order valence-electron chi connectivity index (χ4n) is 5.44. The Bertz CT molecular complexity index is 1150. The molecule has 0 bridgehead atoms. The van der Waals surface area contributed by atoms with E-state index in [2.05, 4.69) is 46.5 Å². The zero-order valence-corrected chi connectivity index (χ0v) is 23.9. The number of benzene rings is 1. The lowest BCUT2D eigenvalue weighted by atomic mass is 10.1. The average molecular weight is 533 g/mol. The minimum absolute atomic E-state index is 0.0981. The number of carbonyl (C=O) groups excluding carboxylic acids is 1. The highest BCUT2D eigenvalue weighted by Gasteiger charge is 2.49. The van der Waals surface area contributed by atoms with Crippen molar-refractivity contribution in [1.82, 2.24) is 9.55 Å². The number of H-pyrrole nitrogens is 1. The van der Waals surface area contributed by atoms with E-state index in [0.29, 0.717) is 27.8 Å². The van der Waals surface area contributed by atoms with Gasteiger partial charge in [0.15, 0.2) is 14.5 Å². The van der Waals surface area contributed by atoms with Crippen molar-refractivity contribution in [2.75, 3.05) is 26.4 Å². The second-order valence-electron chi connectivity index (χ2n) is 10.8. The van der Waals surface area contributed by atoms with Gasteiger partial charge in [-0.1, -0.05) is 59.7 Å². The van der Waals surface area contributed by atoms with Crippen LogP contribution >= 0.6 is 0 Å². The largest absolute Gasteiger partial charge is 0.459 e. The van der Waals surface area contributed by atoms with Crippen LogP contribution in [0.5, 0.6) is 0 Å². The third kappa shape index (κ3) is 6.31. The van der Waals surface area contributed by atoms with Gasteiger partial charge in [0.25, 0.3) is 5.56 Å². The summed E-state index contributed by atoms with van der Waals surface area (Å²) in [6.45, 7) is 15.0. The SMILES string of the molecule is Cc1cn([C@H]2COC[C@](COC(=O)c3ccccc3)(CO[Si](C(C)C)(C(C)C)C(C)C)O2)c(=O)[nH]c1=O. The van der Waals surface area contributed by atoms with Gasteiger partial charge in [0.1, 0.15) is 12.2 Å². The third-order valence-electron chi connectivity index (χ3n) is 7.24. The molecule has 2 aromatic rings. The predicted octanol–water partition coefficient (Wildman–Crippen LogP) is 4.18. The van der Waals surface area contributed by atoms with E-state index in [1.807, 2.05) is 6.07 Å². The van der Waals surface area contributed by atoms with E-state index >= 15 is 0 Å². The summed E-state index contributed by atoms with van der Waals surface area (Å²) in [6.07, 6.45) is 0.626. The number of carbonyl (C=O) groups is 1. The maximum absolute atomic E-state index is 12.8. The molecule has 0 spiro atoms. The lowest BCUT2D eigenvalue weighted by molar-refractivity contribution is -0.247. The van der Waals surface area contributed by atoms with E-state index in [1.54, 1.807) is 31.2 Å². The van der Waals surface area contributed by atoms with Crippen molar-refractivity contribution in [1.29, 1.82) is 0 Å². The Morgan fingerprint density at radius 3 is 2.30 bits per heavy atom. The summed E-state index contributed by atoms with van der Waals surface area (Å²) in [5, 5.41) is 0. The molecule has 0 aliphatic carbocycles. The summed E-state index contributed by atoms with van der Waals surface area (Å²) in [5.41, 5.74) is -0.396. The van der Waals surface area contributed by atoms with Gasteiger partial charge in [-0.15, -0.1) is 0 Å². The Balaban J connectivity index is 1.94. The van der Waals surface area contributed by atoms with Crippen LogP contribution in [-0.2, 0) is 18.6 Å². The van der Waals surface area contributed by atoms with Crippen LogP contribution in [-0.4, -0.2) is 55.9 Å². The molecular formula is C27H40N2O7Si. The maximum Gasteiger partial charge on any atom is 0.338 e. The summed E-state index contributed by atoms with van der Waals surface area (Å²) >= 11 is 0. The molecule has 9 nitrogen and oxygen atoms in total. The molecule has 0 amide bonds. The molecule has 3 rings (SSSR count). The van der Waals surface area contributed by atoms with Crippen molar-refractivity contribution in [3.8, 4) is 0 Å². The monoisotopic (exact) mass is 532 g/mol. The topological polar surface area (TPSA) is 109 Å². The average Bonchev–Trinajstić information content (AvgIpc) is 2.85. The highest BCUT2D eigenvalue weighted by molar-refractivity contribution is 6.77. The first-order chi connectivity index (χ1) is 17.4. The molecule has 204 valence electrons. The molecule has 0 unspecified atom stereocenters. The molecule has 1 saturated heterocycles. The van der Waals surface area contributed by atoms with Crippen LogP contribution in [0.25, 0.3) is 0 Å². The number of ether oxygens (including phenoxy) is 3. The number of aromatic amines is 1. The van der Waals surface area contributed by atoms with E-state index in [0.717, 1.165) is 0 Å². The lowest BCUT2D eigenvalue weighted by Gasteiger charge is -2.46. The van der Waals surface area contributed by atoms with Crippen LogP contribution < -0.4 is 11.2 Å². The van der Waals surface area contributed by atoms with E-state index in [9.17, 15) is 14.4 Å². The smallest absolute Gasteiger partial charge is 0.338 e. The molecular weight excluding hydrogens is 492 g/mol. The summed E-state index contributed by atoms with van der Waals surface area (Å²) in [4.78, 5) is 39.6. The summed E-state index contributed by atoms with van der Waals surface area (Å²) in [6, 6.07) is 8.73.